The Bertz CT molecular complexity index is 1140. The number of methoxy groups -OCH3 is 2. The normalized spacial score (nSPS) is 20.9. The van der Waals surface area contributed by atoms with Crippen molar-refractivity contribution in [1.29, 1.82) is 0 Å². The Morgan fingerprint density at radius 1 is 1.00 bits per heavy atom. The molecule has 3 aromatic rings. The molecule has 33 heavy (non-hydrogen) atoms. The van der Waals surface area contributed by atoms with Gasteiger partial charge in [-0.25, -0.2) is 0 Å². The molecule has 5 nitrogen and oxygen atoms in total. The molecule has 2 N–H and O–H groups in total. The topological polar surface area (TPSA) is 45.8 Å². The number of ether oxygens (including phenoxy) is 2. The van der Waals surface area contributed by atoms with Gasteiger partial charge in [0.25, 0.3) is 0 Å². The predicted molar refractivity (Wildman–Crippen MR) is 136 cm³/mol. The van der Waals surface area contributed by atoms with Gasteiger partial charge < -0.3 is 25.0 Å². The Hall–Kier alpha value is -3.25. The van der Waals surface area contributed by atoms with Crippen molar-refractivity contribution in [2.75, 3.05) is 26.1 Å². The fourth-order valence-electron chi connectivity index (χ4n) is 5.15. The standard InChI is InChI=1S/C27H29N3O2S/c1-31-20-10-6-9-19(15-20)25-22-13-14-30(27(33)28-17-18-7-4-3-5-8-18)26(22)23-16-21(32-2)11-12-24(23)29-25/h3-12,15-16,22,25-26,29H,13-14,17H2,1-2H3,(H,28,33)/t22-,25+,26-/m0/s1. The second-order valence-corrected chi connectivity index (χ2v) is 8.97. The second-order valence-electron chi connectivity index (χ2n) is 8.59. The van der Waals surface area contributed by atoms with Gasteiger partial charge in [0.2, 0.25) is 0 Å². The summed E-state index contributed by atoms with van der Waals surface area (Å²) in [5.74, 6) is 2.11. The van der Waals surface area contributed by atoms with Crippen LogP contribution in [0.4, 0.5) is 5.69 Å². The zero-order chi connectivity index (χ0) is 22.8. The van der Waals surface area contributed by atoms with Gasteiger partial charge in [-0.05, 0) is 60.1 Å². The highest BCUT2D eigenvalue weighted by molar-refractivity contribution is 7.80. The molecule has 0 spiro atoms. The highest BCUT2D eigenvalue weighted by atomic mass is 32.1. The number of nitrogens with zero attached hydrogens (tertiary/aromatic N) is 1. The van der Waals surface area contributed by atoms with E-state index in [-0.39, 0.29) is 12.1 Å². The van der Waals surface area contributed by atoms with Crippen LogP contribution < -0.4 is 20.1 Å². The first-order chi connectivity index (χ1) is 16.2. The Labute approximate surface area is 200 Å². The van der Waals surface area contributed by atoms with Crippen molar-refractivity contribution in [2.45, 2.75) is 25.0 Å². The lowest BCUT2D eigenvalue weighted by Gasteiger charge is -2.41. The molecule has 3 aromatic carbocycles. The second kappa shape index (κ2) is 9.32. The summed E-state index contributed by atoms with van der Waals surface area (Å²) >= 11 is 5.91. The average Bonchev–Trinajstić information content (AvgIpc) is 3.33. The third-order valence-corrected chi connectivity index (χ3v) is 7.14. The quantitative estimate of drug-likeness (QED) is 0.505. The third kappa shape index (κ3) is 4.23. The van der Waals surface area contributed by atoms with E-state index < -0.39 is 0 Å². The summed E-state index contributed by atoms with van der Waals surface area (Å²) in [5.41, 5.74) is 4.82. The Morgan fingerprint density at radius 3 is 2.58 bits per heavy atom. The number of hydrogen-bond acceptors (Lipinski definition) is 4. The summed E-state index contributed by atoms with van der Waals surface area (Å²) in [6.45, 7) is 1.63. The molecule has 170 valence electrons. The average molecular weight is 460 g/mol. The molecule has 0 bridgehead atoms. The van der Waals surface area contributed by atoms with E-state index in [4.69, 9.17) is 21.7 Å². The summed E-state index contributed by atoms with van der Waals surface area (Å²) < 4.78 is 11.1. The monoisotopic (exact) mass is 459 g/mol. The first kappa shape index (κ1) is 21.6. The van der Waals surface area contributed by atoms with Gasteiger partial charge >= 0.3 is 0 Å². The van der Waals surface area contributed by atoms with Crippen LogP contribution in [0.2, 0.25) is 0 Å². The van der Waals surface area contributed by atoms with Crippen molar-refractivity contribution in [3.63, 3.8) is 0 Å². The molecule has 2 heterocycles. The summed E-state index contributed by atoms with van der Waals surface area (Å²) in [4.78, 5) is 2.36. The Balaban J connectivity index is 1.47. The van der Waals surface area contributed by atoms with Gasteiger partial charge in [-0.1, -0.05) is 42.5 Å². The molecule has 0 radical (unpaired) electrons. The number of thiocarbonyl (C=S) groups is 1. The van der Waals surface area contributed by atoms with Crippen molar-refractivity contribution in [2.24, 2.45) is 5.92 Å². The largest absolute Gasteiger partial charge is 0.497 e. The van der Waals surface area contributed by atoms with Gasteiger partial charge in [0.05, 0.1) is 26.3 Å². The zero-order valence-corrected chi connectivity index (χ0v) is 19.8. The van der Waals surface area contributed by atoms with E-state index in [1.165, 1.54) is 16.7 Å². The number of likely N-dealkylation sites (tertiary alicyclic amines) is 1. The van der Waals surface area contributed by atoms with E-state index in [0.29, 0.717) is 5.92 Å². The van der Waals surface area contributed by atoms with Crippen LogP contribution in [0.15, 0.2) is 72.8 Å². The highest BCUT2D eigenvalue weighted by Crippen LogP contribution is 2.52. The molecule has 5 rings (SSSR count). The Morgan fingerprint density at radius 2 is 1.79 bits per heavy atom. The smallest absolute Gasteiger partial charge is 0.169 e. The van der Waals surface area contributed by atoms with Crippen LogP contribution >= 0.6 is 12.2 Å². The van der Waals surface area contributed by atoms with Gasteiger partial charge in [-0.3, -0.25) is 0 Å². The molecular weight excluding hydrogens is 430 g/mol. The van der Waals surface area contributed by atoms with Crippen LogP contribution in [0, 0.1) is 5.92 Å². The maximum absolute atomic E-state index is 5.91. The first-order valence-corrected chi connectivity index (χ1v) is 11.8. The van der Waals surface area contributed by atoms with Crippen molar-refractivity contribution < 1.29 is 9.47 Å². The molecule has 0 aliphatic carbocycles. The van der Waals surface area contributed by atoms with Crippen LogP contribution in [-0.2, 0) is 6.54 Å². The molecule has 0 aromatic heterocycles. The van der Waals surface area contributed by atoms with E-state index >= 15 is 0 Å². The molecule has 1 saturated heterocycles. The first-order valence-electron chi connectivity index (χ1n) is 11.3. The van der Waals surface area contributed by atoms with Gasteiger partial charge in [0.1, 0.15) is 11.5 Å². The Kier molecular flexibility index (Phi) is 6.09. The summed E-state index contributed by atoms with van der Waals surface area (Å²) in [7, 11) is 3.43. The number of fused-ring (bicyclic) bond motifs is 3. The number of hydrogen-bond donors (Lipinski definition) is 2. The maximum atomic E-state index is 5.91. The molecule has 0 saturated carbocycles. The number of rotatable bonds is 5. The number of anilines is 1. The fourth-order valence-corrected chi connectivity index (χ4v) is 5.43. The summed E-state index contributed by atoms with van der Waals surface area (Å²) in [6, 6.07) is 25.4. The fraction of sp³-hybridized carbons (Fsp3) is 0.296. The van der Waals surface area contributed by atoms with E-state index in [1.807, 2.05) is 18.2 Å². The molecule has 2 aliphatic heterocycles. The van der Waals surface area contributed by atoms with E-state index in [2.05, 4.69) is 70.1 Å². The lowest BCUT2D eigenvalue weighted by atomic mass is 9.80. The van der Waals surface area contributed by atoms with Crippen molar-refractivity contribution in [1.82, 2.24) is 10.2 Å². The third-order valence-electron chi connectivity index (χ3n) is 6.76. The molecule has 2 aliphatic rings. The highest BCUT2D eigenvalue weighted by Gasteiger charge is 2.45. The van der Waals surface area contributed by atoms with Crippen molar-refractivity contribution in [3.05, 3.63) is 89.5 Å². The minimum atomic E-state index is 0.170. The van der Waals surface area contributed by atoms with Gasteiger partial charge in [-0.2, -0.15) is 0 Å². The van der Waals surface area contributed by atoms with E-state index in [9.17, 15) is 0 Å². The maximum Gasteiger partial charge on any atom is 0.169 e. The minimum Gasteiger partial charge on any atom is -0.497 e. The zero-order valence-electron chi connectivity index (χ0n) is 19.0. The lowest BCUT2D eigenvalue weighted by molar-refractivity contribution is 0.300. The molecule has 3 atom stereocenters. The predicted octanol–water partition coefficient (Wildman–Crippen LogP) is 5.31. The van der Waals surface area contributed by atoms with Crippen LogP contribution in [-0.4, -0.2) is 30.8 Å². The summed E-state index contributed by atoms with van der Waals surface area (Å²) in [5, 5.41) is 8.09. The van der Waals surface area contributed by atoms with Gasteiger partial charge in [0, 0.05) is 30.3 Å². The van der Waals surface area contributed by atoms with Crippen molar-refractivity contribution >= 4 is 23.0 Å². The van der Waals surface area contributed by atoms with Crippen molar-refractivity contribution in [3.8, 4) is 11.5 Å². The SMILES string of the molecule is COc1cccc([C@H]2Nc3ccc(OC)cc3[C@@H]3[C@H]2CCN3C(=S)NCc2ccccc2)c1. The minimum absolute atomic E-state index is 0.170. The molecule has 0 unspecified atom stereocenters. The molecule has 0 amide bonds. The molecule has 6 heteroatoms. The molecular formula is C27H29N3O2S. The van der Waals surface area contributed by atoms with Crippen LogP contribution in [0.25, 0.3) is 0 Å². The molecule has 1 fully saturated rings. The van der Waals surface area contributed by atoms with Crippen LogP contribution in [0.1, 0.15) is 35.2 Å². The summed E-state index contributed by atoms with van der Waals surface area (Å²) in [6.07, 6.45) is 1.04. The van der Waals surface area contributed by atoms with E-state index in [1.54, 1.807) is 14.2 Å². The van der Waals surface area contributed by atoms with Gasteiger partial charge in [0.15, 0.2) is 5.11 Å². The van der Waals surface area contributed by atoms with Gasteiger partial charge in [-0.15, -0.1) is 0 Å². The number of nitrogens with one attached hydrogen (secondary N) is 2. The van der Waals surface area contributed by atoms with Crippen LogP contribution in [0.3, 0.4) is 0 Å². The number of benzene rings is 3. The van der Waals surface area contributed by atoms with Crippen LogP contribution in [0.5, 0.6) is 11.5 Å². The lowest BCUT2D eigenvalue weighted by Crippen LogP contribution is -2.42. The van der Waals surface area contributed by atoms with E-state index in [0.717, 1.165) is 41.8 Å².